The van der Waals surface area contributed by atoms with Crippen LogP contribution in [0.25, 0.3) is 0 Å². The molecule has 112 valence electrons. The van der Waals surface area contributed by atoms with Crippen LogP contribution in [-0.4, -0.2) is 24.4 Å². The summed E-state index contributed by atoms with van der Waals surface area (Å²) in [6.07, 6.45) is 4.36. The fraction of sp³-hybridized carbons (Fsp3) is 0.647. The number of benzene rings is 1. The maximum Gasteiger partial charge on any atom is 0.124 e. The molecule has 1 aliphatic rings. The van der Waals surface area contributed by atoms with Crippen molar-refractivity contribution in [1.82, 2.24) is 5.32 Å². The van der Waals surface area contributed by atoms with Crippen molar-refractivity contribution in [3.05, 3.63) is 29.8 Å². The Morgan fingerprint density at radius 2 is 2.05 bits per heavy atom. The molecule has 20 heavy (non-hydrogen) atoms. The number of ether oxygens (including phenoxy) is 1. The van der Waals surface area contributed by atoms with E-state index >= 15 is 0 Å². The topological polar surface area (TPSA) is 41.5 Å². The molecule has 0 saturated heterocycles. The first kappa shape index (κ1) is 15.3. The van der Waals surface area contributed by atoms with Crippen LogP contribution in [0.3, 0.4) is 0 Å². The third kappa shape index (κ3) is 3.97. The first-order valence-corrected chi connectivity index (χ1v) is 7.85. The predicted molar refractivity (Wildman–Crippen MR) is 82.0 cm³/mol. The average molecular weight is 277 g/mol. The molecule has 3 atom stereocenters. The third-order valence-corrected chi connectivity index (χ3v) is 4.24. The Kier molecular flexibility index (Phi) is 5.86. The lowest BCUT2D eigenvalue weighted by atomic mass is 9.86. The summed E-state index contributed by atoms with van der Waals surface area (Å²) in [7, 11) is 0. The fourth-order valence-electron chi connectivity index (χ4n) is 2.99. The summed E-state index contributed by atoms with van der Waals surface area (Å²) in [6, 6.07) is 8.43. The second-order valence-corrected chi connectivity index (χ2v) is 5.71. The van der Waals surface area contributed by atoms with Crippen LogP contribution < -0.4 is 10.1 Å². The van der Waals surface area contributed by atoms with E-state index in [-0.39, 0.29) is 12.1 Å². The minimum absolute atomic E-state index is 0.134. The van der Waals surface area contributed by atoms with Crippen molar-refractivity contribution in [1.29, 1.82) is 0 Å². The quantitative estimate of drug-likeness (QED) is 0.838. The molecule has 0 aromatic heterocycles. The highest BCUT2D eigenvalue weighted by molar-refractivity contribution is 5.35. The lowest BCUT2D eigenvalue weighted by Crippen LogP contribution is -2.35. The van der Waals surface area contributed by atoms with Crippen LogP contribution in [0, 0.1) is 5.92 Å². The second-order valence-electron chi connectivity index (χ2n) is 5.71. The van der Waals surface area contributed by atoms with Crippen molar-refractivity contribution >= 4 is 0 Å². The van der Waals surface area contributed by atoms with Crippen molar-refractivity contribution in [2.45, 2.75) is 51.7 Å². The molecule has 2 rings (SSSR count). The van der Waals surface area contributed by atoms with Crippen LogP contribution in [0.15, 0.2) is 24.3 Å². The lowest BCUT2D eigenvalue weighted by Gasteiger charge is -2.29. The van der Waals surface area contributed by atoms with Crippen molar-refractivity contribution in [2.24, 2.45) is 5.92 Å². The molecule has 0 aliphatic heterocycles. The monoisotopic (exact) mass is 277 g/mol. The van der Waals surface area contributed by atoms with E-state index in [0.717, 1.165) is 25.1 Å². The summed E-state index contributed by atoms with van der Waals surface area (Å²) in [5, 5.41) is 13.6. The zero-order valence-corrected chi connectivity index (χ0v) is 12.6. The first-order chi connectivity index (χ1) is 9.72. The van der Waals surface area contributed by atoms with E-state index < -0.39 is 0 Å². The van der Waals surface area contributed by atoms with Gasteiger partial charge in [-0.25, -0.2) is 0 Å². The van der Waals surface area contributed by atoms with Crippen LogP contribution in [-0.2, 0) is 0 Å². The first-order valence-electron chi connectivity index (χ1n) is 7.85. The molecule has 0 radical (unpaired) electrons. The Bertz CT molecular complexity index is 408. The number of hydrogen-bond donors (Lipinski definition) is 2. The molecule has 3 heteroatoms. The van der Waals surface area contributed by atoms with Gasteiger partial charge in [-0.15, -0.1) is 0 Å². The van der Waals surface area contributed by atoms with E-state index in [1.165, 1.54) is 18.4 Å². The van der Waals surface area contributed by atoms with Gasteiger partial charge in [-0.2, -0.15) is 0 Å². The molecule has 0 amide bonds. The van der Waals surface area contributed by atoms with Crippen molar-refractivity contribution in [3.8, 4) is 5.75 Å². The summed E-state index contributed by atoms with van der Waals surface area (Å²) in [6.45, 7) is 5.73. The van der Waals surface area contributed by atoms with Gasteiger partial charge in [0.2, 0.25) is 0 Å². The van der Waals surface area contributed by atoms with E-state index in [9.17, 15) is 5.11 Å². The van der Waals surface area contributed by atoms with Crippen LogP contribution in [0.5, 0.6) is 5.75 Å². The molecule has 1 fully saturated rings. The average Bonchev–Trinajstić information content (AvgIpc) is 2.47. The number of hydrogen-bond acceptors (Lipinski definition) is 3. The molecular formula is C17H27NO2. The summed E-state index contributed by atoms with van der Waals surface area (Å²) >= 11 is 0. The Morgan fingerprint density at radius 3 is 2.80 bits per heavy atom. The van der Waals surface area contributed by atoms with Gasteiger partial charge < -0.3 is 15.2 Å². The Balaban J connectivity index is 1.92. The maximum absolute atomic E-state index is 10.0. The van der Waals surface area contributed by atoms with Gasteiger partial charge >= 0.3 is 0 Å². The Morgan fingerprint density at radius 1 is 1.30 bits per heavy atom. The van der Waals surface area contributed by atoms with Gasteiger partial charge in [0, 0.05) is 18.2 Å². The Hall–Kier alpha value is -1.06. The van der Waals surface area contributed by atoms with E-state index in [0.29, 0.717) is 12.5 Å². The molecule has 3 nitrogen and oxygen atoms in total. The van der Waals surface area contributed by atoms with E-state index in [1.807, 2.05) is 25.1 Å². The standard InChI is InChI=1S/C17H27NO2/c1-3-20-17-11-7-5-9-15(17)13(2)18-12-14-8-4-6-10-16(14)19/h5,7,9,11,13-14,16,18-19H,3-4,6,8,10,12H2,1-2H3. The summed E-state index contributed by atoms with van der Waals surface area (Å²) in [5.74, 6) is 1.35. The van der Waals surface area contributed by atoms with Crippen LogP contribution >= 0.6 is 0 Å². The molecule has 2 N–H and O–H groups in total. The predicted octanol–water partition coefficient (Wildman–Crippen LogP) is 3.29. The molecule has 0 spiro atoms. The zero-order valence-electron chi connectivity index (χ0n) is 12.6. The van der Waals surface area contributed by atoms with Gasteiger partial charge in [-0.3, -0.25) is 0 Å². The molecule has 1 aromatic rings. The van der Waals surface area contributed by atoms with Crippen LogP contribution in [0.2, 0.25) is 0 Å². The molecular weight excluding hydrogens is 250 g/mol. The van der Waals surface area contributed by atoms with Gasteiger partial charge in [0.05, 0.1) is 12.7 Å². The number of para-hydroxylation sites is 1. The normalized spacial score (nSPS) is 24.4. The third-order valence-electron chi connectivity index (χ3n) is 4.24. The van der Waals surface area contributed by atoms with Crippen molar-refractivity contribution < 1.29 is 9.84 Å². The fourth-order valence-corrected chi connectivity index (χ4v) is 2.99. The smallest absolute Gasteiger partial charge is 0.124 e. The maximum atomic E-state index is 10.0. The van der Waals surface area contributed by atoms with Crippen LogP contribution in [0.4, 0.5) is 0 Å². The highest BCUT2D eigenvalue weighted by Gasteiger charge is 2.23. The summed E-state index contributed by atoms with van der Waals surface area (Å²) in [5.41, 5.74) is 1.19. The molecule has 1 aliphatic carbocycles. The Labute approximate surface area is 122 Å². The van der Waals surface area contributed by atoms with Gasteiger partial charge in [0.15, 0.2) is 0 Å². The highest BCUT2D eigenvalue weighted by atomic mass is 16.5. The van der Waals surface area contributed by atoms with Gasteiger partial charge in [0.25, 0.3) is 0 Å². The molecule has 1 saturated carbocycles. The second kappa shape index (κ2) is 7.65. The van der Waals surface area contributed by atoms with E-state index in [2.05, 4.69) is 18.3 Å². The molecule has 0 heterocycles. The summed E-state index contributed by atoms with van der Waals surface area (Å²) in [4.78, 5) is 0. The number of aliphatic hydroxyl groups excluding tert-OH is 1. The van der Waals surface area contributed by atoms with Gasteiger partial charge in [-0.1, -0.05) is 31.0 Å². The van der Waals surface area contributed by atoms with Gasteiger partial charge in [-0.05, 0) is 38.7 Å². The van der Waals surface area contributed by atoms with E-state index in [4.69, 9.17) is 4.74 Å². The van der Waals surface area contributed by atoms with Crippen molar-refractivity contribution in [3.63, 3.8) is 0 Å². The molecule has 1 aromatic carbocycles. The molecule has 3 unspecified atom stereocenters. The van der Waals surface area contributed by atoms with E-state index in [1.54, 1.807) is 0 Å². The van der Waals surface area contributed by atoms with Gasteiger partial charge in [0.1, 0.15) is 5.75 Å². The minimum atomic E-state index is -0.134. The number of nitrogens with one attached hydrogen (secondary N) is 1. The highest BCUT2D eigenvalue weighted by Crippen LogP contribution is 2.27. The lowest BCUT2D eigenvalue weighted by molar-refractivity contribution is 0.0683. The van der Waals surface area contributed by atoms with Crippen molar-refractivity contribution in [2.75, 3.05) is 13.2 Å². The number of aliphatic hydroxyl groups is 1. The largest absolute Gasteiger partial charge is 0.494 e. The minimum Gasteiger partial charge on any atom is -0.494 e. The van der Waals surface area contributed by atoms with Crippen LogP contribution in [0.1, 0.15) is 51.1 Å². The SMILES string of the molecule is CCOc1ccccc1C(C)NCC1CCCCC1O. The molecule has 0 bridgehead atoms. The summed E-state index contributed by atoms with van der Waals surface area (Å²) < 4.78 is 5.68. The zero-order chi connectivity index (χ0) is 14.4. The number of rotatable bonds is 6.